The van der Waals surface area contributed by atoms with E-state index in [1.54, 1.807) is 0 Å². The molecule has 14 heavy (non-hydrogen) atoms. The number of aryl methyl sites for hydroxylation is 2. The van der Waals surface area contributed by atoms with Gasteiger partial charge in [0.15, 0.2) is 0 Å². The Hall–Kier alpha value is -1.02. The van der Waals surface area contributed by atoms with Gasteiger partial charge in [-0.25, -0.2) is 0 Å². The molecule has 1 saturated carbocycles. The molecule has 2 aliphatic rings. The maximum absolute atomic E-state index is 6.06. The van der Waals surface area contributed by atoms with E-state index in [2.05, 4.69) is 31.3 Å². The number of anilines is 1. The van der Waals surface area contributed by atoms with Crippen LogP contribution in [0.1, 0.15) is 23.1 Å². The highest BCUT2D eigenvalue weighted by Crippen LogP contribution is 2.55. The molecule has 2 heteroatoms. The van der Waals surface area contributed by atoms with Gasteiger partial charge in [0.1, 0.15) is 0 Å². The Morgan fingerprint density at radius 3 is 2.64 bits per heavy atom. The van der Waals surface area contributed by atoms with E-state index in [9.17, 15) is 0 Å². The van der Waals surface area contributed by atoms with Gasteiger partial charge in [-0.05, 0) is 37.0 Å². The van der Waals surface area contributed by atoms with Gasteiger partial charge in [0.2, 0.25) is 0 Å². The monoisotopic (exact) mass is 188 g/mol. The number of nitrogens with one attached hydrogen (secondary N) is 1. The van der Waals surface area contributed by atoms with Gasteiger partial charge in [0, 0.05) is 23.7 Å². The summed E-state index contributed by atoms with van der Waals surface area (Å²) in [6.07, 6.45) is 1.15. The molecule has 1 spiro atoms. The average molecular weight is 188 g/mol. The molecule has 0 radical (unpaired) electrons. The van der Waals surface area contributed by atoms with Gasteiger partial charge in [-0.15, -0.1) is 0 Å². The Kier molecular flexibility index (Phi) is 1.37. The lowest BCUT2D eigenvalue weighted by Gasteiger charge is -2.12. The van der Waals surface area contributed by atoms with Crippen LogP contribution in [0.25, 0.3) is 0 Å². The minimum atomic E-state index is 0.283. The van der Waals surface area contributed by atoms with E-state index in [1.807, 2.05) is 0 Å². The maximum atomic E-state index is 6.06. The molecule has 0 amide bonds. The van der Waals surface area contributed by atoms with Gasteiger partial charge in [-0.3, -0.25) is 0 Å². The number of benzene rings is 1. The Bertz CT molecular complexity index is 411. The van der Waals surface area contributed by atoms with Crippen LogP contribution in [0.4, 0.5) is 5.69 Å². The zero-order valence-corrected chi connectivity index (χ0v) is 8.72. The molecule has 3 rings (SSSR count). The summed E-state index contributed by atoms with van der Waals surface area (Å²) in [6, 6.07) is 4.78. The number of nitrogens with two attached hydrogens (primary N) is 1. The van der Waals surface area contributed by atoms with Gasteiger partial charge in [-0.2, -0.15) is 0 Å². The molecule has 0 bridgehead atoms. The van der Waals surface area contributed by atoms with Crippen LogP contribution in [-0.2, 0) is 5.41 Å². The molecule has 2 unspecified atom stereocenters. The van der Waals surface area contributed by atoms with Gasteiger partial charge >= 0.3 is 0 Å². The summed E-state index contributed by atoms with van der Waals surface area (Å²) in [5, 5.41) is 3.51. The van der Waals surface area contributed by atoms with Crippen LogP contribution in [0.15, 0.2) is 12.1 Å². The highest BCUT2D eigenvalue weighted by molar-refractivity contribution is 5.70. The Morgan fingerprint density at radius 2 is 2.00 bits per heavy atom. The summed E-state index contributed by atoms with van der Waals surface area (Å²) in [5.41, 5.74) is 11.9. The first-order chi connectivity index (χ1) is 6.65. The van der Waals surface area contributed by atoms with E-state index in [0.29, 0.717) is 6.04 Å². The molecule has 74 valence electrons. The topological polar surface area (TPSA) is 38.0 Å². The second-order valence-electron chi connectivity index (χ2n) is 4.77. The zero-order valence-electron chi connectivity index (χ0n) is 8.72. The fourth-order valence-electron chi connectivity index (χ4n) is 2.84. The van der Waals surface area contributed by atoms with Crippen LogP contribution in [-0.4, -0.2) is 12.6 Å². The lowest BCUT2D eigenvalue weighted by molar-refractivity contribution is 0.728. The van der Waals surface area contributed by atoms with Crippen molar-refractivity contribution in [2.45, 2.75) is 31.7 Å². The lowest BCUT2D eigenvalue weighted by atomic mass is 9.91. The molecule has 0 saturated heterocycles. The third-order valence-electron chi connectivity index (χ3n) is 3.83. The normalized spacial score (nSPS) is 32.9. The van der Waals surface area contributed by atoms with Crippen LogP contribution >= 0.6 is 0 Å². The molecule has 2 nitrogen and oxygen atoms in total. The van der Waals surface area contributed by atoms with E-state index in [-0.39, 0.29) is 5.41 Å². The van der Waals surface area contributed by atoms with Crippen LogP contribution < -0.4 is 11.1 Å². The first-order valence-electron chi connectivity index (χ1n) is 5.25. The van der Waals surface area contributed by atoms with Crippen LogP contribution in [0.3, 0.4) is 0 Å². The highest BCUT2D eigenvalue weighted by atomic mass is 15.0. The van der Waals surface area contributed by atoms with E-state index in [1.165, 1.54) is 22.4 Å². The first-order valence-corrected chi connectivity index (χ1v) is 5.25. The molecule has 1 aliphatic heterocycles. The highest BCUT2D eigenvalue weighted by Gasteiger charge is 2.57. The first kappa shape index (κ1) is 8.30. The molecule has 1 aromatic rings. The molecule has 2 atom stereocenters. The average Bonchev–Trinajstić information content (AvgIpc) is 2.60. The third-order valence-corrected chi connectivity index (χ3v) is 3.83. The molecular formula is C12H16N2. The summed E-state index contributed by atoms with van der Waals surface area (Å²) in [5.74, 6) is 0. The standard InChI is InChI=1S/C12H16N2/c1-7-3-4-8(2)11-10(7)12(6-14-11)5-9(12)13/h3-4,9,14H,5-6,13H2,1-2H3. The number of fused-ring (bicyclic) bond motifs is 2. The molecule has 1 fully saturated rings. The Balaban J connectivity index is 2.24. The second kappa shape index (κ2) is 2.31. The van der Waals surface area contributed by atoms with Crippen molar-refractivity contribution in [1.82, 2.24) is 0 Å². The SMILES string of the molecule is Cc1ccc(C)c2c1NCC21CC1N. The van der Waals surface area contributed by atoms with Crippen LogP contribution in [0.2, 0.25) is 0 Å². The smallest absolute Gasteiger partial charge is 0.0412 e. The fourth-order valence-corrected chi connectivity index (χ4v) is 2.84. The van der Waals surface area contributed by atoms with Crippen molar-refractivity contribution in [3.8, 4) is 0 Å². The quantitative estimate of drug-likeness (QED) is 0.650. The van der Waals surface area contributed by atoms with E-state index in [0.717, 1.165) is 13.0 Å². The summed E-state index contributed by atoms with van der Waals surface area (Å²) in [6.45, 7) is 5.39. The van der Waals surface area contributed by atoms with Gasteiger partial charge in [0.05, 0.1) is 0 Å². The molecule has 1 aromatic carbocycles. The third kappa shape index (κ3) is 0.800. The van der Waals surface area contributed by atoms with E-state index >= 15 is 0 Å². The van der Waals surface area contributed by atoms with Gasteiger partial charge in [0.25, 0.3) is 0 Å². The minimum absolute atomic E-state index is 0.283. The largest absolute Gasteiger partial charge is 0.384 e. The van der Waals surface area contributed by atoms with Crippen LogP contribution in [0, 0.1) is 13.8 Å². The van der Waals surface area contributed by atoms with Crippen molar-refractivity contribution in [2.24, 2.45) is 5.73 Å². The number of rotatable bonds is 0. The van der Waals surface area contributed by atoms with E-state index in [4.69, 9.17) is 5.73 Å². The lowest BCUT2D eigenvalue weighted by Crippen LogP contribution is -2.20. The number of hydrogen-bond donors (Lipinski definition) is 2. The molecule has 3 N–H and O–H groups in total. The molecule has 1 heterocycles. The number of hydrogen-bond acceptors (Lipinski definition) is 2. The van der Waals surface area contributed by atoms with E-state index < -0.39 is 0 Å². The van der Waals surface area contributed by atoms with Crippen molar-refractivity contribution < 1.29 is 0 Å². The van der Waals surface area contributed by atoms with Crippen LogP contribution in [0.5, 0.6) is 0 Å². The summed E-state index contributed by atoms with van der Waals surface area (Å²) >= 11 is 0. The maximum Gasteiger partial charge on any atom is 0.0412 e. The van der Waals surface area contributed by atoms with Crippen molar-refractivity contribution >= 4 is 5.69 Å². The van der Waals surface area contributed by atoms with Crippen molar-refractivity contribution in [3.63, 3.8) is 0 Å². The second-order valence-corrected chi connectivity index (χ2v) is 4.77. The molecule has 1 aliphatic carbocycles. The van der Waals surface area contributed by atoms with Gasteiger partial charge in [-0.1, -0.05) is 12.1 Å². The van der Waals surface area contributed by atoms with Crippen molar-refractivity contribution in [3.05, 3.63) is 28.8 Å². The molecular weight excluding hydrogens is 172 g/mol. The fraction of sp³-hybridized carbons (Fsp3) is 0.500. The zero-order chi connectivity index (χ0) is 9.92. The van der Waals surface area contributed by atoms with Crippen molar-refractivity contribution in [2.75, 3.05) is 11.9 Å². The summed E-state index contributed by atoms with van der Waals surface area (Å²) < 4.78 is 0. The van der Waals surface area contributed by atoms with Gasteiger partial charge < -0.3 is 11.1 Å². The minimum Gasteiger partial charge on any atom is -0.384 e. The predicted octanol–water partition coefficient (Wildman–Crippen LogP) is 1.70. The summed E-state index contributed by atoms with van der Waals surface area (Å²) in [4.78, 5) is 0. The Morgan fingerprint density at radius 1 is 1.36 bits per heavy atom. The molecule has 0 aromatic heterocycles. The predicted molar refractivity (Wildman–Crippen MR) is 58.7 cm³/mol. The Labute approximate surface area is 84.5 Å². The van der Waals surface area contributed by atoms with Crippen molar-refractivity contribution in [1.29, 1.82) is 0 Å². The summed E-state index contributed by atoms with van der Waals surface area (Å²) in [7, 11) is 0.